The normalized spacial score (nSPS) is 21.8. The second kappa shape index (κ2) is 7.42. The van der Waals surface area contributed by atoms with Gasteiger partial charge in [-0.25, -0.2) is 4.98 Å². The fourth-order valence-corrected chi connectivity index (χ4v) is 3.70. The summed E-state index contributed by atoms with van der Waals surface area (Å²) >= 11 is 1.45. The van der Waals surface area contributed by atoms with Gasteiger partial charge in [0.15, 0.2) is 0 Å². The second-order valence-corrected chi connectivity index (χ2v) is 7.07. The molecule has 2 atom stereocenters. The molecular weight excluding hydrogens is 326 g/mol. The number of amides is 1. The maximum atomic E-state index is 12.2. The van der Waals surface area contributed by atoms with Gasteiger partial charge in [0, 0.05) is 50.4 Å². The van der Waals surface area contributed by atoms with Gasteiger partial charge >= 0.3 is 0 Å². The lowest BCUT2D eigenvalue weighted by Gasteiger charge is -2.35. The highest BCUT2D eigenvalue weighted by atomic mass is 32.1. The molecule has 3 heterocycles. The lowest BCUT2D eigenvalue weighted by Crippen LogP contribution is -2.47. The quantitative estimate of drug-likeness (QED) is 0.883. The number of aryl methyl sites for hydroxylation is 1. The topological polar surface area (TPSA) is 72.3 Å². The Kier molecular flexibility index (Phi) is 5.27. The summed E-state index contributed by atoms with van der Waals surface area (Å²) in [6.07, 6.45) is 4.12. The van der Waals surface area contributed by atoms with Gasteiger partial charge in [0.25, 0.3) is 5.91 Å². The standard InChI is InChI=1S/C16H23N5O2S/c1-11-7-21(8-12(2)23-11)5-4-17-15(22)14-10-24-16(19-14)13-6-18-20(3)9-13/h6,9-12H,4-5,7-8H2,1-3H3,(H,17,22)/t11-,12-/m0/s1. The predicted molar refractivity (Wildman–Crippen MR) is 93.1 cm³/mol. The van der Waals surface area contributed by atoms with Crippen molar-refractivity contribution < 1.29 is 9.53 Å². The molecule has 1 aliphatic heterocycles. The van der Waals surface area contributed by atoms with Gasteiger partial charge in [-0.2, -0.15) is 5.10 Å². The number of nitrogens with zero attached hydrogens (tertiary/aromatic N) is 4. The maximum Gasteiger partial charge on any atom is 0.270 e. The first-order valence-electron chi connectivity index (χ1n) is 8.12. The minimum absolute atomic E-state index is 0.129. The summed E-state index contributed by atoms with van der Waals surface area (Å²) in [5, 5.41) is 9.67. The van der Waals surface area contributed by atoms with Crippen molar-refractivity contribution in [2.45, 2.75) is 26.1 Å². The summed E-state index contributed by atoms with van der Waals surface area (Å²) in [5.74, 6) is -0.129. The third kappa shape index (κ3) is 4.19. The zero-order valence-corrected chi connectivity index (χ0v) is 15.0. The number of thiazole rings is 1. The van der Waals surface area contributed by atoms with Crippen molar-refractivity contribution in [2.24, 2.45) is 7.05 Å². The lowest BCUT2D eigenvalue weighted by molar-refractivity contribution is -0.0672. The smallest absolute Gasteiger partial charge is 0.270 e. The Labute approximate surface area is 145 Å². The molecular formula is C16H23N5O2S. The van der Waals surface area contributed by atoms with Gasteiger partial charge in [-0.3, -0.25) is 14.4 Å². The van der Waals surface area contributed by atoms with Crippen LogP contribution in [0.15, 0.2) is 17.8 Å². The van der Waals surface area contributed by atoms with Gasteiger partial charge in [0.2, 0.25) is 0 Å². The van der Waals surface area contributed by atoms with Crippen molar-refractivity contribution in [1.82, 2.24) is 25.0 Å². The van der Waals surface area contributed by atoms with Crippen molar-refractivity contribution in [3.05, 3.63) is 23.5 Å². The van der Waals surface area contributed by atoms with Crippen molar-refractivity contribution in [3.63, 3.8) is 0 Å². The first-order valence-corrected chi connectivity index (χ1v) is 9.00. The van der Waals surface area contributed by atoms with E-state index in [9.17, 15) is 4.79 Å². The largest absolute Gasteiger partial charge is 0.373 e. The number of carbonyl (C=O) groups is 1. The van der Waals surface area contributed by atoms with E-state index in [2.05, 4.69) is 34.1 Å². The van der Waals surface area contributed by atoms with E-state index in [4.69, 9.17) is 4.74 Å². The molecule has 2 aromatic heterocycles. The van der Waals surface area contributed by atoms with Crippen LogP contribution >= 0.6 is 11.3 Å². The van der Waals surface area contributed by atoms with Gasteiger partial charge in [-0.1, -0.05) is 0 Å². The minimum atomic E-state index is -0.129. The summed E-state index contributed by atoms with van der Waals surface area (Å²) in [7, 11) is 1.86. The van der Waals surface area contributed by atoms with Crippen LogP contribution < -0.4 is 5.32 Å². The second-order valence-electron chi connectivity index (χ2n) is 6.21. The Hall–Kier alpha value is -1.77. The van der Waals surface area contributed by atoms with E-state index in [1.807, 2.05) is 13.2 Å². The van der Waals surface area contributed by atoms with Crippen LogP contribution in [0, 0.1) is 0 Å². The number of nitrogens with one attached hydrogen (secondary N) is 1. The highest BCUT2D eigenvalue weighted by Gasteiger charge is 2.22. The molecule has 0 radical (unpaired) electrons. The SMILES string of the molecule is C[C@H]1CN(CCNC(=O)c2csc(-c3cnn(C)c3)n2)C[C@H](C)O1. The number of ether oxygens (including phenoxy) is 1. The van der Waals surface area contributed by atoms with Gasteiger partial charge < -0.3 is 10.1 Å². The van der Waals surface area contributed by atoms with Crippen LogP contribution in [0.2, 0.25) is 0 Å². The third-order valence-corrected chi connectivity index (χ3v) is 4.79. The summed E-state index contributed by atoms with van der Waals surface area (Å²) < 4.78 is 7.44. The molecule has 7 nitrogen and oxygen atoms in total. The van der Waals surface area contributed by atoms with Crippen LogP contribution in [0.1, 0.15) is 24.3 Å². The van der Waals surface area contributed by atoms with E-state index in [0.29, 0.717) is 12.2 Å². The van der Waals surface area contributed by atoms with Gasteiger partial charge in [0.05, 0.1) is 18.4 Å². The molecule has 1 N–H and O–H groups in total. The molecule has 0 aromatic carbocycles. The number of hydrogen-bond donors (Lipinski definition) is 1. The molecule has 0 spiro atoms. The van der Waals surface area contributed by atoms with Gasteiger partial charge in [0.1, 0.15) is 10.7 Å². The van der Waals surface area contributed by atoms with Gasteiger partial charge in [-0.05, 0) is 13.8 Å². The molecule has 8 heteroatoms. The first kappa shape index (κ1) is 17.1. The monoisotopic (exact) mass is 349 g/mol. The average molecular weight is 349 g/mol. The van der Waals surface area contributed by atoms with Crippen molar-refractivity contribution in [1.29, 1.82) is 0 Å². The highest BCUT2D eigenvalue weighted by molar-refractivity contribution is 7.13. The molecule has 0 bridgehead atoms. The molecule has 1 aliphatic rings. The van der Waals surface area contributed by atoms with Gasteiger partial charge in [-0.15, -0.1) is 11.3 Å². The molecule has 2 aromatic rings. The van der Waals surface area contributed by atoms with Crippen LogP contribution in [0.5, 0.6) is 0 Å². The molecule has 1 fully saturated rings. The van der Waals surface area contributed by atoms with E-state index in [1.165, 1.54) is 11.3 Å². The highest BCUT2D eigenvalue weighted by Crippen LogP contribution is 2.22. The molecule has 3 rings (SSSR count). The van der Waals surface area contributed by atoms with Crippen LogP contribution in [0.4, 0.5) is 0 Å². The van der Waals surface area contributed by atoms with Crippen molar-refractivity contribution in [3.8, 4) is 10.6 Å². The molecule has 130 valence electrons. The number of morpholine rings is 1. The third-order valence-electron chi connectivity index (χ3n) is 3.90. The number of aromatic nitrogens is 3. The average Bonchev–Trinajstić information content (AvgIpc) is 3.14. The molecule has 1 saturated heterocycles. The van der Waals surface area contributed by atoms with E-state index < -0.39 is 0 Å². The minimum Gasteiger partial charge on any atom is -0.373 e. The first-order chi connectivity index (χ1) is 11.5. The summed E-state index contributed by atoms with van der Waals surface area (Å²) in [6.45, 7) is 7.40. The maximum absolute atomic E-state index is 12.2. The van der Waals surface area contributed by atoms with E-state index >= 15 is 0 Å². The number of rotatable bonds is 5. The van der Waals surface area contributed by atoms with E-state index in [0.717, 1.165) is 30.2 Å². The van der Waals surface area contributed by atoms with Crippen LogP contribution in [0.25, 0.3) is 10.6 Å². The summed E-state index contributed by atoms with van der Waals surface area (Å²) in [5.41, 5.74) is 1.39. The Balaban J connectivity index is 1.50. The van der Waals surface area contributed by atoms with Crippen LogP contribution in [-0.2, 0) is 11.8 Å². The van der Waals surface area contributed by atoms with Crippen LogP contribution in [-0.4, -0.2) is 64.0 Å². The Morgan fingerprint density at radius 3 is 2.83 bits per heavy atom. The lowest BCUT2D eigenvalue weighted by atomic mass is 10.2. The molecule has 1 amide bonds. The molecule has 0 unspecified atom stereocenters. The van der Waals surface area contributed by atoms with E-state index in [1.54, 1.807) is 16.3 Å². The Morgan fingerprint density at radius 1 is 1.42 bits per heavy atom. The fraction of sp³-hybridized carbons (Fsp3) is 0.562. The van der Waals surface area contributed by atoms with E-state index in [-0.39, 0.29) is 18.1 Å². The summed E-state index contributed by atoms with van der Waals surface area (Å²) in [6, 6.07) is 0. The number of hydrogen-bond acceptors (Lipinski definition) is 6. The van der Waals surface area contributed by atoms with Crippen molar-refractivity contribution in [2.75, 3.05) is 26.2 Å². The molecule has 0 saturated carbocycles. The van der Waals surface area contributed by atoms with Crippen molar-refractivity contribution >= 4 is 17.2 Å². The van der Waals surface area contributed by atoms with Crippen LogP contribution in [0.3, 0.4) is 0 Å². The Morgan fingerprint density at radius 2 is 2.17 bits per heavy atom. The fourth-order valence-electron chi connectivity index (χ4n) is 2.93. The Bertz CT molecular complexity index is 688. The molecule has 0 aliphatic carbocycles. The zero-order valence-electron chi connectivity index (χ0n) is 14.2. The predicted octanol–water partition coefficient (Wildman–Crippen LogP) is 1.38. The summed E-state index contributed by atoms with van der Waals surface area (Å²) in [4.78, 5) is 19.0. The molecule has 24 heavy (non-hydrogen) atoms. The number of carbonyl (C=O) groups excluding carboxylic acids is 1. The zero-order chi connectivity index (χ0) is 17.1.